The van der Waals surface area contributed by atoms with E-state index in [1.165, 1.54) is 68.8 Å². The van der Waals surface area contributed by atoms with Crippen LogP contribution in [0.1, 0.15) is 15.9 Å². The van der Waals surface area contributed by atoms with Gasteiger partial charge in [-0.05, 0) is 67.1 Å². The van der Waals surface area contributed by atoms with E-state index in [1.54, 1.807) is 13.0 Å². The van der Waals surface area contributed by atoms with E-state index < -0.39 is 28.4 Å². The molecule has 1 amide bonds. The van der Waals surface area contributed by atoms with Gasteiger partial charge in [0.1, 0.15) is 17.2 Å². The molecule has 0 spiro atoms. The first-order chi connectivity index (χ1) is 16.6. The van der Waals surface area contributed by atoms with Crippen molar-refractivity contribution < 1.29 is 27.5 Å². The Balaban J connectivity index is 1.98. The third kappa shape index (κ3) is 6.05. The Labute approximate surface area is 213 Å². The summed E-state index contributed by atoms with van der Waals surface area (Å²) in [6.07, 6.45) is 0. The van der Waals surface area contributed by atoms with E-state index in [1.807, 2.05) is 0 Å². The largest absolute Gasteiger partial charge is 0.495 e. The van der Waals surface area contributed by atoms with Crippen molar-refractivity contribution in [2.24, 2.45) is 0 Å². The molecule has 0 aliphatic heterocycles. The molecule has 3 aromatic carbocycles. The summed E-state index contributed by atoms with van der Waals surface area (Å²) >= 11 is 12.2. The van der Waals surface area contributed by atoms with Gasteiger partial charge in [0.25, 0.3) is 10.0 Å². The second-order valence-electron chi connectivity index (χ2n) is 7.38. The van der Waals surface area contributed by atoms with Crippen LogP contribution < -0.4 is 14.4 Å². The molecule has 0 aromatic heterocycles. The lowest BCUT2D eigenvalue weighted by Gasteiger charge is -2.25. The van der Waals surface area contributed by atoms with Crippen LogP contribution in [0.25, 0.3) is 0 Å². The maximum absolute atomic E-state index is 13.7. The summed E-state index contributed by atoms with van der Waals surface area (Å²) in [6, 6.07) is 14.9. The van der Waals surface area contributed by atoms with Gasteiger partial charge in [-0.3, -0.25) is 9.10 Å². The van der Waals surface area contributed by atoms with Crippen molar-refractivity contribution in [1.29, 1.82) is 0 Å². The van der Waals surface area contributed by atoms with Gasteiger partial charge in [0.05, 0.1) is 35.5 Å². The summed E-state index contributed by atoms with van der Waals surface area (Å²) in [7, 11) is -1.65. The van der Waals surface area contributed by atoms with Crippen LogP contribution in [0.5, 0.6) is 5.75 Å². The minimum atomic E-state index is -4.27. The third-order valence-electron chi connectivity index (χ3n) is 4.96. The number of anilines is 2. The van der Waals surface area contributed by atoms with E-state index in [9.17, 15) is 18.0 Å². The number of halogens is 2. The van der Waals surface area contributed by atoms with Gasteiger partial charge in [-0.1, -0.05) is 29.3 Å². The van der Waals surface area contributed by atoms with Crippen molar-refractivity contribution in [3.8, 4) is 5.75 Å². The fraction of sp³-hybridized carbons (Fsp3) is 0.167. The zero-order chi connectivity index (χ0) is 25.8. The molecule has 0 aliphatic carbocycles. The number of aryl methyl sites for hydroxylation is 1. The maximum atomic E-state index is 13.7. The van der Waals surface area contributed by atoms with E-state index in [4.69, 9.17) is 27.9 Å². The molecule has 0 heterocycles. The SMILES string of the molecule is COC(=O)c1ccc(NC(=O)CN(c2ccc(Cl)c(Cl)c2)S(=O)(=O)c2cc(C)ccc2OC)cc1. The number of carbonyl (C=O) groups is 2. The van der Waals surface area contributed by atoms with Gasteiger partial charge in [0, 0.05) is 5.69 Å². The molecular weight excluding hydrogens is 515 g/mol. The number of carbonyl (C=O) groups excluding carboxylic acids is 2. The van der Waals surface area contributed by atoms with Gasteiger partial charge in [0.2, 0.25) is 5.91 Å². The minimum Gasteiger partial charge on any atom is -0.495 e. The molecule has 8 nitrogen and oxygen atoms in total. The Morgan fingerprint density at radius 3 is 2.23 bits per heavy atom. The Kier molecular flexibility index (Phi) is 8.26. The van der Waals surface area contributed by atoms with Gasteiger partial charge in [-0.25, -0.2) is 13.2 Å². The first-order valence-electron chi connectivity index (χ1n) is 10.2. The number of methoxy groups -OCH3 is 2. The smallest absolute Gasteiger partial charge is 0.337 e. The van der Waals surface area contributed by atoms with E-state index in [0.717, 1.165) is 4.31 Å². The molecule has 0 radical (unpaired) electrons. The van der Waals surface area contributed by atoms with Gasteiger partial charge in [-0.15, -0.1) is 0 Å². The van der Waals surface area contributed by atoms with E-state index in [-0.39, 0.29) is 26.4 Å². The van der Waals surface area contributed by atoms with Crippen molar-refractivity contribution in [2.45, 2.75) is 11.8 Å². The summed E-state index contributed by atoms with van der Waals surface area (Å²) in [4.78, 5) is 24.4. The lowest BCUT2D eigenvalue weighted by molar-refractivity contribution is -0.114. The van der Waals surface area contributed by atoms with Gasteiger partial charge < -0.3 is 14.8 Å². The predicted molar refractivity (Wildman–Crippen MR) is 135 cm³/mol. The number of nitrogens with one attached hydrogen (secondary N) is 1. The topological polar surface area (TPSA) is 102 Å². The van der Waals surface area contributed by atoms with Crippen LogP contribution in [0, 0.1) is 6.92 Å². The first kappa shape index (κ1) is 26.3. The summed E-state index contributed by atoms with van der Waals surface area (Å²) in [5.74, 6) is -1.02. The number of hydrogen-bond acceptors (Lipinski definition) is 6. The second-order valence-corrected chi connectivity index (χ2v) is 10.0. The molecule has 0 unspecified atom stereocenters. The molecule has 0 saturated heterocycles. The summed E-state index contributed by atoms with van der Waals surface area (Å²) in [6.45, 7) is 1.17. The van der Waals surface area contributed by atoms with Crippen LogP contribution in [0.2, 0.25) is 10.0 Å². The highest BCUT2D eigenvalue weighted by Crippen LogP contribution is 2.33. The van der Waals surface area contributed by atoms with Crippen LogP contribution in [0.4, 0.5) is 11.4 Å². The lowest BCUT2D eigenvalue weighted by Crippen LogP contribution is -2.38. The monoisotopic (exact) mass is 536 g/mol. The number of benzene rings is 3. The van der Waals surface area contributed by atoms with Crippen molar-refractivity contribution in [1.82, 2.24) is 0 Å². The standard InChI is InChI=1S/C24H22Cl2N2O6S/c1-15-4-11-21(33-2)22(12-15)35(31,32)28(18-9-10-19(25)20(26)13-18)14-23(29)27-17-7-5-16(6-8-17)24(30)34-3/h4-13H,14H2,1-3H3,(H,27,29). The number of hydrogen-bond donors (Lipinski definition) is 1. The van der Waals surface area contributed by atoms with Crippen LogP contribution >= 0.6 is 23.2 Å². The molecule has 11 heteroatoms. The van der Waals surface area contributed by atoms with Crippen molar-refractivity contribution in [2.75, 3.05) is 30.4 Å². The lowest BCUT2D eigenvalue weighted by atomic mass is 10.2. The van der Waals surface area contributed by atoms with Crippen LogP contribution in [-0.4, -0.2) is 41.1 Å². The number of rotatable bonds is 8. The average molecular weight is 537 g/mol. The summed E-state index contributed by atoms with van der Waals surface area (Å²) in [5.41, 5.74) is 1.49. The maximum Gasteiger partial charge on any atom is 0.337 e. The van der Waals surface area contributed by atoms with E-state index in [0.29, 0.717) is 16.8 Å². The number of nitrogens with zero attached hydrogens (tertiary/aromatic N) is 1. The Morgan fingerprint density at radius 2 is 1.63 bits per heavy atom. The first-order valence-corrected chi connectivity index (χ1v) is 12.4. The predicted octanol–water partition coefficient (Wildman–Crippen LogP) is 4.93. The molecule has 0 saturated carbocycles. The highest BCUT2D eigenvalue weighted by molar-refractivity contribution is 7.93. The normalized spacial score (nSPS) is 11.0. The van der Waals surface area contributed by atoms with Crippen molar-refractivity contribution >= 4 is 56.5 Å². The Morgan fingerprint density at radius 1 is 0.943 bits per heavy atom. The fourth-order valence-electron chi connectivity index (χ4n) is 3.20. The third-order valence-corrected chi connectivity index (χ3v) is 7.49. The summed E-state index contributed by atoms with van der Waals surface area (Å²) in [5, 5.41) is 2.99. The van der Waals surface area contributed by atoms with Gasteiger partial charge in [0.15, 0.2) is 0 Å². The molecule has 0 atom stereocenters. The molecule has 3 rings (SSSR count). The highest BCUT2D eigenvalue weighted by atomic mass is 35.5. The molecule has 1 N–H and O–H groups in total. The van der Waals surface area contributed by atoms with Crippen LogP contribution in [-0.2, 0) is 19.6 Å². The fourth-order valence-corrected chi connectivity index (χ4v) is 5.15. The number of amides is 1. The van der Waals surface area contributed by atoms with E-state index >= 15 is 0 Å². The molecule has 0 bridgehead atoms. The molecule has 0 aliphatic rings. The van der Waals surface area contributed by atoms with Crippen molar-refractivity contribution in [3.63, 3.8) is 0 Å². The molecule has 184 valence electrons. The minimum absolute atomic E-state index is 0.110. The molecule has 35 heavy (non-hydrogen) atoms. The zero-order valence-corrected chi connectivity index (χ0v) is 21.4. The Bertz CT molecular complexity index is 1360. The van der Waals surface area contributed by atoms with Crippen LogP contribution in [0.3, 0.4) is 0 Å². The second kappa shape index (κ2) is 11.0. The summed E-state index contributed by atoms with van der Waals surface area (Å²) < 4.78 is 38.3. The molecule has 0 fully saturated rings. The zero-order valence-electron chi connectivity index (χ0n) is 19.0. The number of ether oxygens (including phenoxy) is 2. The van der Waals surface area contributed by atoms with E-state index in [2.05, 4.69) is 10.1 Å². The average Bonchev–Trinajstić information content (AvgIpc) is 2.84. The highest BCUT2D eigenvalue weighted by Gasteiger charge is 2.30. The number of esters is 1. The van der Waals surface area contributed by atoms with Gasteiger partial charge >= 0.3 is 5.97 Å². The molecule has 3 aromatic rings. The van der Waals surface area contributed by atoms with Crippen molar-refractivity contribution in [3.05, 3.63) is 81.8 Å². The quantitative estimate of drug-likeness (QED) is 0.409. The van der Waals surface area contributed by atoms with Gasteiger partial charge in [-0.2, -0.15) is 0 Å². The number of sulfonamides is 1. The molecular formula is C24H22Cl2N2O6S. The van der Waals surface area contributed by atoms with Crippen LogP contribution in [0.15, 0.2) is 65.6 Å². The Hall–Kier alpha value is -3.27.